The minimum absolute atomic E-state index is 0.0689. The monoisotopic (exact) mass is 426 g/mol. The molecule has 8 nitrogen and oxygen atoms in total. The SMILES string of the molecule is COc1ccc(-c2nnc(CN3CCN(C(=O)COc4ccc(F)cc4)CC3)o2)cc1. The molecular weight excluding hydrogens is 403 g/mol. The maximum Gasteiger partial charge on any atom is 0.260 e. The Labute approximate surface area is 179 Å². The number of hydrogen-bond acceptors (Lipinski definition) is 7. The molecule has 1 aliphatic rings. The lowest BCUT2D eigenvalue weighted by Crippen LogP contribution is -2.49. The van der Waals surface area contributed by atoms with Gasteiger partial charge in [-0.1, -0.05) is 0 Å². The van der Waals surface area contributed by atoms with Gasteiger partial charge in [0.15, 0.2) is 6.61 Å². The smallest absolute Gasteiger partial charge is 0.260 e. The third kappa shape index (κ3) is 5.37. The molecule has 0 aliphatic carbocycles. The molecule has 31 heavy (non-hydrogen) atoms. The second-order valence-electron chi connectivity index (χ2n) is 7.13. The summed E-state index contributed by atoms with van der Waals surface area (Å²) in [6.45, 7) is 3.03. The van der Waals surface area contributed by atoms with Crippen molar-refractivity contribution >= 4 is 5.91 Å². The van der Waals surface area contributed by atoms with E-state index in [2.05, 4.69) is 15.1 Å². The van der Waals surface area contributed by atoms with E-state index in [-0.39, 0.29) is 18.3 Å². The van der Waals surface area contributed by atoms with Gasteiger partial charge in [-0.15, -0.1) is 10.2 Å². The number of hydrogen-bond donors (Lipinski definition) is 0. The van der Waals surface area contributed by atoms with Gasteiger partial charge in [0.25, 0.3) is 5.91 Å². The van der Waals surface area contributed by atoms with Gasteiger partial charge in [-0.2, -0.15) is 0 Å². The number of amides is 1. The number of methoxy groups -OCH3 is 1. The molecule has 1 saturated heterocycles. The zero-order valence-electron chi connectivity index (χ0n) is 17.2. The van der Waals surface area contributed by atoms with Crippen molar-refractivity contribution in [1.82, 2.24) is 20.0 Å². The second kappa shape index (κ2) is 9.57. The summed E-state index contributed by atoms with van der Waals surface area (Å²) in [7, 11) is 1.62. The molecule has 3 aromatic rings. The van der Waals surface area contributed by atoms with Gasteiger partial charge in [0, 0.05) is 31.7 Å². The molecule has 2 heterocycles. The third-order valence-electron chi connectivity index (χ3n) is 5.06. The standard InChI is InChI=1S/C22H23FN4O4/c1-29-18-6-2-16(3-7-18)22-25-24-20(31-22)14-26-10-12-27(13-11-26)21(28)15-30-19-8-4-17(23)5-9-19/h2-9H,10-15H2,1H3. The first kappa shape index (κ1) is 20.8. The van der Waals surface area contributed by atoms with Crippen LogP contribution in [0.1, 0.15) is 5.89 Å². The van der Waals surface area contributed by atoms with Crippen molar-refractivity contribution in [1.29, 1.82) is 0 Å². The fraction of sp³-hybridized carbons (Fsp3) is 0.318. The first-order chi connectivity index (χ1) is 15.1. The highest BCUT2D eigenvalue weighted by Gasteiger charge is 2.23. The van der Waals surface area contributed by atoms with Crippen LogP contribution in [0, 0.1) is 5.82 Å². The molecule has 0 atom stereocenters. The summed E-state index contributed by atoms with van der Waals surface area (Å²) in [5.74, 6) is 1.79. The van der Waals surface area contributed by atoms with Crippen molar-refractivity contribution < 1.29 is 23.1 Å². The number of aromatic nitrogens is 2. The Morgan fingerprint density at radius 1 is 1.00 bits per heavy atom. The fourth-order valence-corrected chi connectivity index (χ4v) is 3.28. The quantitative estimate of drug-likeness (QED) is 0.574. The summed E-state index contributed by atoms with van der Waals surface area (Å²) in [5.41, 5.74) is 0.830. The van der Waals surface area contributed by atoms with Crippen molar-refractivity contribution in [2.24, 2.45) is 0 Å². The number of ether oxygens (including phenoxy) is 2. The van der Waals surface area contributed by atoms with Gasteiger partial charge in [-0.25, -0.2) is 4.39 Å². The number of rotatable bonds is 7. The molecule has 0 unspecified atom stereocenters. The topological polar surface area (TPSA) is 80.9 Å². The highest BCUT2D eigenvalue weighted by atomic mass is 19.1. The summed E-state index contributed by atoms with van der Waals surface area (Å²) >= 11 is 0. The van der Waals surface area contributed by atoms with E-state index in [0.717, 1.165) is 11.3 Å². The molecule has 9 heteroatoms. The summed E-state index contributed by atoms with van der Waals surface area (Å²) < 4.78 is 29.3. The largest absolute Gasteiger partial charge is 0.497 e. The number of nitrogens with zero attached hydrogens (tertiary/aromatic N) is 4. The lowest BCUT2D eigenvalue weighted by atomic mass is 10.2. The normalized spacial score (nSPS) is 14.5. The molecule has 2 aromatic carbocycles. The highest BCUT2D eigenvalue weighted by Crippen LogP contribution is 2.21. The average Bonchev–Trinajstić information content (AvgIpc) is 3.27. The molecule has 4 rings (SSSR count). The molecule has 0 spiro atoms. The van der Waals surface area contributed by atoms with Crippen LogP contribution in [0.2, 0.25) is 0 Å². The van der Waals surface area contributed by atoms with Gasteiger partial charge in [-0.3, -0.25) is 9.69 Å². The van der Waals surface area contributed by atoms with Crippen LogP contribution in [0.4, 0.5) is 4.39 Å². The van der Waals surface area contributed by atoms with E-state index in [4.69, 9.17) is 13.9 Å². The average molecular weight is 426 g/mol. The van der Waals surface area contributed by atoms with E-state index in [1.54, 1.807) is 12.0 Å². The molecule has 0 bridgehead atoms. The van der Waals surface area contributed by atoms with Gasteiger partial charge in [0.2, 0.25) is 11.8 Å². The Kier molecular flexibility index (Phi) is 6.42. The highest BCUT2D eigenvalue weighted by molar-refractivity contribution is 5.77. The Hall–Kier alpha value is -3.46. The van der Waals surface area contributed by atoms with Crippen LogP contribution >= 0.6 is 0 Å². The molecule has 162 valence electrons. The van der Waals surface area contributed by atoms with Gasteiger partial charge in [-0.05, 0) is 48.5 Å². The van der Waals surface area contributed by atoms with Crippen LogP contribution in [0.15, 0.2) is 52.9 Å². The molecule has 1 aromatic heterocycles. The molecule has 1 amide bonds. The van der Waals surface area contributed by atoms with Crippen molar-refractivity contribution in [3.63, 3.8) is 0 Å². The van der Waals surface area contributed by atoms with Crippen LogP contribution < -0.4 is 9.47 Å². The molecule has 1 aliphatic heterocycles. The van der Waals surface area contributed by atoms with E-state index < -0.39 is 0 Å². The van der Waals surface area contributed by atoms with Crippen molar-refractivity contribution in [3.05, 3.63) is 60.2 Å². The van der Waals surface area contributed by atoms with Crippen LogP contribution in [0.25, 0.3) is 11.5 Å². The van der Waals surface area contributed by atoms with Crippen molar-refractivity contribution in [2.45, 2.75) is 6.54 Å². The number of carbonyl (C=O) groups excluding carboxylic acids is 1. The first-order valence-electron chi connectivity index (χ1n) is 9.96. The summed E-state index contributed by atoms with van der Waals surface area (Å²) in [4.78, 5) is 16.3. The summed E-state index contributed by atoms with van der Waals surface area (Å²) in [6, 6.07) is 13.0. The van der Waals surface area contributed by atoms with Crippen molar-refractivity contribution in [2.75, 3.05) is 39.9 Å². The Morgan fingerprint density at radius 3 is 2.35 bits per heavy atom. The lowest BCUT2D eigenvalue weighted by Gasteiger charge is -2.33. The summed E-state index contributed by atoms with van der Waals surface area (Å²) in [5, 5.41) is 8.26. The van der Waals surface area contributed by atoms with Gasteiger partial charge in [0.1, 0.15) is 17.3 Å². The van der Waals surface area contributed by atoms with E-state index >= 15 is 0 Å². The zero-order chi connectivity index (χ0) is 21.6. The van der Waals surface area contributed by atoms with E-state index in [1.807, 2.05) is 24.3 Å². The lowest BCUT2D eigenvalue weighted by molar-refractivity contribution is -0.135. The van der Waals surface area contributed by atoms with Crippen LogP contribution in [-0.2, 0) is 11.3 Å². The molecule has 0 saturated carbocycles. The maximum atomic E-state index is 12.9. The van der Waals surface area contributed by atoms with Gasteiger partial charge < -0.3 is 18.8 Å². The van der Waals surface area contributed by atoms with Gasteiger partial charge >= 0.3 is 0 Å². The Bertz CT molecular complexity index is 999. The molecular formula is C22H23FN4O4. The van der Waals surface area contributed by atoms with Crippen LogP contribution in [0.3, 0.4) is 0 Å². The van der Waals surface area contributed by atoms with Crippen LogP contribution in [-0.4, -0.2) is 65.8 Å². The first-order valence-corrected chi connectivity index (χ1v) is 9.96. The van der Waals surface area contributed by atoms with Gasteiger partial charge in [0.05, 0.1) is 13.7 Å². The fourth-order valence-electron chi connectivity index (χ4n) is 3.28. The summed E-state index contributed by atoms with van der Waals surface area (Å²) in [6.07, 6.45) is 0. The number of benzene rings is 2. The van der Waals surface area contributed by atoms with E-state index in [9.17, 15) is 9.18 Å². The predicted octanol–water partition coefficient (Wildman–Crippen LogP) is 2.61. The Balaban J connectivity index is 1.24. The van der Waals surface area contributed by atoms with E-state index in [0.29, 0.717) is 50.3 Å². The van der Waals surface area contributed by atoms with Crippen LogP contribution in [0.5, 0.6) is 11.5 Å². The molecule has 0 N–H and O–H groups in total. The second-order valence-corrected chi connectivity index (χ2v) is 7.13. The number of halogens is 1. The third-order valence-corrected chi connectivity index (χ3v) is 5.06. The predicted molar refractivity (Wildman–Crippen MR) is 110 cm³/mol. The number of carbonyl (C=O) groups is 1. The van der Waals surface area contributed by atoms with Crippen molar-refractivity contribution in [3.8, 4) is 23.0 Å². The maximum absolute atomic E-state index is 12.9. The minimum Gasteiger partial charge on any atom is -0.497 e. The zero-order valence-corrected chi connectivity index (χ0v) is 17.2. The molecule has 0 radical (unpaired) electrons. The Morgan fingerprint density at radius 2 is 1.68 bits per heavy atom. The number of piperazine rings is 1. The minimum atomic E-state index is -0.341. The van der Waals surface area contributed by atoms with E-state index in [1.165, 1.54) is 24.3 Å². The molecule has 1 fully saturated rings.